The Balaban J connectivity index is 2.38. The SMILES string of the molecule is CCOCCn1c(CO)nc2ccc(C)cc21. The number of hydrogen-bond acceptors (Lipinski definition) is 3. The molecule has 0 amide bonds. The molecular formula is C13H18N2O2. The van der Waals surface area contributed by atoms with Crippen molar-refractivity contribution in [1.82, 2.24) is 9.55 Å². The Hall–Kier alpha value is -1.39. The fraction of sp³-hybridized carbons (Fsp3) is 0.462. The van der Waals surface area contributed by atoms with Crippen LogP contribution in [0.5, 0.6) is 0 Å². The molecular weight excluding hydrogens is 216 g/mol. The van der Waals surface area contributed by atoms with Gasteiger partial charge in [-0.25, -0.2) is 4.98 Å². The summed E-state index contributed by atoms with van der Waals surface area (Å²) in [6.45, 7) is 6.06. The van der Waals surface area contributed by atoms with Gasteiger partial charge < -0.3 is 14.4 Å². The van der Waals surface area contributed by atoms with Crippen LogP contribution in [0.15, 0.2) is 18.2 Å². The van der Waals surface area contributed by atoms with Crippen molar-refractivity contribution >= 4 is 11.0 Å². The maximum absolute atomic E-state index is 9.32. The Morgan fingerprint density at radius 3 is 2.94 bits per heavy atom. The highest BCUT2D eigenvalue weighted by molar-refractivity contribution is 5.76. The maximum atomic E-state index is 9.32. The first kappa shape index (κ1) is 12.1. The summed E-state index contributed by atoms with van der Waals surface area (Å²) in [4.78, 5) is 4.41. The van der Waals surface area contributed by atoms with Gasteiger partial charge in [0.25, 0.3) is 0 Å². The van der Waals surface area contributed by atoms with Crippen LogP contribution in [0, 0.1) is 6.92 Å². The zero-order valence-corrected chi connectivity index (χ0v) is 10.3. The van der Waals surface area contributed by atoms with E-state index < -0.39 is 0 Å². The van der Waals surface area contributed by atoms with E-state index in [2.05, 4.69) is 18.0 Å². The summed E-state index contributed by atoms with van der Waals surface area (Å²) in [6.07, 6.45) is 0. The topological polar surface area (TPSA) is 47.3 Å². The summed E-state index contributed by atoms with van der Waals surface area (Å²) >= 11 is 0. The lowest BCUT2D eigenvalue weighted by Gasteiger charge is -2.07. The van der Waals surface area contributed by atoms with Crippen molar-refractivity contribution in [2.24, 2.45) is 0 Å². The highest BCUT2D eigenvalue weighted by atomic mass is 16.5. The smallest absolute Gasteiger partial charge is 0.135 e. The first-order valence-corrected chi connectivity index (χ1v) is 5.90. The van der Waals surface area contributed by atoms with Crippen LogP contribution < -0.4 is 0 Å². The Bertz CT molecular complexity index is 505. The molecule has 4 nitrogen and oxygen atoms in total. The van der Waals surface area contributed by atoms with Crippen LogP contribution in [-0.2, 0) is 17.9 Å². The van der Waals surface area contributed by atoms with Crippen molar-refractivity contribution in [3.63, 3.8) is 0 Å². The van der Waals surface area contributed by atoms with E-state index in [1.807, 2.05) is 23.6 Å². The second-order valence-corrected chi connectivity index (χ2v) is 4.03. The van der Waals surface area contributed by atoms with Crippen LogP contribution in [-0.4, -0.2) is 27.9 Å². The average molecular weight is 234 g/mol. The van der Waals surface area contributed by atoms with Crippen LogP contribution in [0.1, 0.15) is 18.3 Å². The summed E-state index contributed by atoms with van der Waals surface area (Å²) in [5, 5.41) is 9.32. The molecule has 0 atom stereocenters. The number of fused-ring (bicyclic) bond motifs is 1. The number of aliphatic hydroxyl groups excluding tert-OH is 1. The second-order valence-electron chi connectivity index (χ2n) is 4.03. The van der Waals surface area contributed by atoms with Crippen LogP contribution >= 0.6 is 0 Å². The lowest BCUT2D eigenvalue weighted by atomic mass is 10.2. The van der Waals surface area contributed by atoms with Crippen molar-refractivity contribution in [1.29, 1.82) is 0 Å². The number of benzene rings is 1. The van der Waals surface area contributed by atoms with Gasteiger partial charge in [0, 0.05) is 13.2 Å². The molecule has 1 N–H and O–H groups in total. The predicted octanol–water partition coefficient (Wildman–Crippen LogP) is 1.87. The summed E-state index contributed by atoms with van der Waals surface area (Å²) < 4.78 is 7.38. The van der Waals surface area contributed by atoms with Crippen molar-refractivity contribution in [3.05, 3.63) is 29.6 Å². The number of rotatable bonds is 5. The van der Waals surface area contributed by atoms with Crippen molar-refractivity contribution < 1.29 is 9.84 Å². The molecule has 1 aromatic heterocycles. The number of aromatic nitrogens is 2. The predicted molar refractivity (Wildman–Crippen MR) is 66.9 cm³/mol. The highest BCUT2D eigenvalue weighted by Gasteiger charge is 2.09. The van der Waals surface area contributed by atoms with Gasteiger partial charge in [0.2, 0.25) is 0 Å². The third kappa shape index (κ3) is 2.48. The molecule has 17 heavy (non-hydrogen) atoms. The lowest BCUT2D eigenvalue weighted by Crippen LogP contribution is -2.09. The Labute approximate surface area is 101 Å². The molecule has 2 rings (SSSR count). The van der Waals surface area contributed by atoms with Crippen molar-refractivity contribution in [3.8, 4) is 0 Å². The first-order valence-electron chi connectivity index (χ1n) is 5.90. The summed E-state index contributed by atoms with van der Waals surface area (Å²) in [5.41, 5.74) is 3.18. The molecule has 0 unspecified atom stereocenters. The third-order valence-corrected chi connectivity index (χ3v) is 2.79. The first-order chi connectivity index (χ1) is 8.26. The summed E-state index contributed by atoms with van der Waals surface area (Å²) in [6, 6.07) is 6.11. The normalized spacial score (nSPS) is 11.2. The Kier molecular flexibility index (Phi) is 3.76. The molecule has 0 aliphatic heterocycles. The molecule has 1 aromatic carbocycles. The van der Waals surface area contributed by atoms with E-state index in [0.29, 0.717) is 19.0 Å². The van der Waals surface area contributed by atoms with Crippen molar-refractivity contribution in [2.75, 3.05) is 13.2 Å². The van der Waals surface area contributed by atoms with E-state index in [1.54, 1.807) is 0 Å². The zero-order chi connectivity index (χ0) is 12.3. The molecule has 0 aliphatic carbocycles. The van der Waals surface area contributed by atoms with Gasteiger partial charge in [-0.05, 0) is 31.5 Å². The highest BCUT2D eigenvalue weighted by Crippen LogP contribution is 2.18. The largest absolute Gasteiger partial charge is 0.388 e. The molecule has 0 radical (unpaired) electrons. The minimum atomic E-state index is -0.0418. The van der Waals surface area contributed by atoms with Gasteiger partial charge in [0.05, 0.1) is 17.6 Å². The van der Waals surface area contributed by atoms with Gasteiger partial charge in [-0.1, -0.05) is 6.07 Å². The summed E-state index contributed by atoms with van der Waals surface area (Å²) in [7, 11) is 0. The molecule has 0 saturated carbocycles. The molecule has 0 saturated heterocycles. The van der Waals surface area contributed by atoms with E-state index in [0.717, 1.165) is 17.6 Å². The molecule has 1 heterocycles. The minimum Gasteiger partial charge on any atom is -0.388 e. The zero-order valence-electron chi connectivity index (χ0n) is 10.3. The fourth-order valence-corrected chi connectivity index (χ4v) is 1.95. The standard InChI is InChI=1S/C13H18N2O2/c1-3-17-7-6-15-12-8-10(2)4-5-11(12)14-13(15)9-16/h4-5,8,16H,3,6-7,9H2,1-2H3. The van der Waals surface area contributed by atoms with Gasteiger partial charge in [-0.3, -0.25) is 0 Å². The lowest BCUT2D eigenvalue weighted by molar-refractivity contribution is 0.137. The van der Waals surface area contributed by atoms with Crippen LogP contribution in [0.25, 0.3) is 11.0 Å². The molecule has 0 aliphatic rings. The Morgan fingerprint density at radius 1 is 1.41 bits per heavy atom. The fourth-order valence-electron chi connectivity index (χ4n) is 1.95. The van der Waals surface area contributed by atoms with Gasteiger partial charge in [-0.15, -0.1) is 0 Å². The van der Waals surface area contributed by atoms with E-state index in [1.165, 1.54) is 5.56 Å². The van der Waals surface area contributed by atoms with Crippen LogP contribution in [0.2, 0.25) is 0 Å². The summed E-state index contributed by atoms with van der Waals surface area (Å²) in [5.74, 6) is 0.699. The van der Waals surface area contributed by atoms with E-state index >= 15 is 0 Å². The van der Waals surface area contributed by atoms with Gasteiger partial charge >= 0.3 is 0 Å². The van der Waals surface area contributed by atoms with E-state index in [9.17, 15) is 5.11 Å². The van der Waals surface area contributed by atoms with Gasteiger partial charge in [-0.2, -0.15) is 0 Å². The number of nitrogens with zero attached hydrogens (tertiary/aromatic N) is 2. The van der Waals surface area contributed by atoms with Gasteiger partial charge in [0.1, 0.15) is 12.4 Å². The molecule has 92 valence electrons. The monoisotopic (exact) mass is 234 g/mol. The molecule has 4 heteroatoms. The van der Waals surface area contributed by atoms with Gasteiger partial charge in [0.15, 0.2) is 0 Å². The number of imidazole rings is 1. The Morgan fingerprint density at radius 2 is 2.24 bits per heavy atom. The van der Waals surface area contributed by atoms with E-state index in [-0.39, 0.29) is 6.61 Å². The molecule has 2 aromatic rings. The molecule has 0 fully saturated rings. The van der Waals surface area contributed by atoms with Crippen LogP contribution in [0.4, 0.5) is 0 Å². The number of aliphatic hydroxyl groups is 1. The minimum absolute atomic E-state index is 0.0418. The second kappa shape index (κ2) is 5.29. The third-order valence-electron chi connectivity index (χ3n) is 2.79. The number of hydrogen-bond donors (Lipinski definition) is 1. The maximum Gasteiger partial charge on any atom is 0.135 e. The molecule has 0 spiro atoms. The number of aryl methyl sites for hydroxylation is 1. The quantitative estimate of drug-likeness (QED) is 0.803. The van der Waals surface area contributed by atoms with Crippen molar-refractivity contribution in [2.45, 2.75) is 27.0 Å². The van der Waals surface area contributed by atoms with E-state index in [4.69, 9.17) is 4.74 Å². The van der Waals surface area contributed by atoms with Crippen LogP contribution in [0.3, 0.4) is 0 Å². The number of ether oxygens (including phenoxy) is 1. The molecule has 0 bridgehead atoms. The average Bonchev–Trinajstić information content (AvgIpc) is 2.67.